The Morgan fingerprint density at radius 1 is 1.04 bits per heavy atom. The topological polar surface area (TPSA) is 24.5 Å². The molecule has 2 atom stereocenters. The van der Waals surface area contributed by atoms with Crippen LogP contribution >= 0.6 is 31.9 Å². The molecular weight excluding hydrogens is 468 g/mol. The van der Waals surface area contributed by atoms with Gasteiger partial charge in [-0.15, -0.1) is 0 Å². The summed E-state index contributed by atoms with van der Waals surface area (Å²) in [5.74, 6) is 0. The van der Waals surface area contributed by atoms with Crippen LogP contribution < -0.4 is 5.32 Å². The molecule has 144 valence electrons. The van der Waals surface area contributed by atoms with E-state index >= 15 is 0 Å². The smallest absolute Gasteiger partial charge is 0.0776 e. The van der Waals surface area contributed by atoms with Crippen molar-refractivity contribution in [3.63, 3.8) is 0 Å². The minimum atomic E-state index is 0.226. The van der Waals surface area contributed by atoms with E-state index < -0.39 is 0 Å². The van der Waals surface area contributed by atoms with Crippen molar-refractivity contribution in [1.29, 1.82) is 0 Å². The maximum absolute atomic E-state index is 6.58. The van der Waals surface area contributed by atoms with Crippen LogP contribution in [0.4, 0.5) is 0 Å². The molecule has 0 bridgehead atoms. The van der Waals surface area contributed by atoms with E-state index in [1.165, 1.54) is 23.1 Å². The number of nitrogens with zero attached hydrogens (tertiary/aromatic N) is 1. The molecule has 0 aromatic heterocycles. The van der Waals surface area contributed by atoms with Gasteiger partial charge in [-0.3, -0.25) is 4.90 Å². The quantitative estimate of drug-likeness (QED) is 0.601. The molecule has 1 fully saturated rings. The van der Waals surface area contributed by atoms with E-state index in [1.807, 2.05) is 0 Å². The molecule has 2 aliphatic rings. The highest BCUT2D eigenvalue weighted by Gasteiger charge is 2.33. The second kappa shape index (κ2) is 9.19. The van der Waals surface area contributed by atoms with E-state index in [0.717, 1.165) is 48.0 Å². The number of ether oxygens (including phenoxy) is 1. The van der Waals surface area contributed by atoms with Gasteiger partial charge in [0.25, 0.3) is 0 Å². The highest BCUT2D eigenvalue weighted by Crippen LogP contribution is 2.36. The number of aryl methyl sites for hydroxylation is 1. The van der Waals surface area contributed by atoms with E-state index in [9.17, 15) is 0 Å². The summed E-state index contributed by atoms with van der Waals surface area (Å²) in [6, 6.07) is 15.7. The fourth-order valence-corrected chi connectivity index (χ4v) is 5.75. The molecule has 5 heteroatoms. The lowest BCUT2D eigenvalue weighted by Crippen LogP contribution is -2.48. The van der Waals surface area contributed by atoms with E-state index in [0.29, 0.717) is 12.6 Å². The Morgan fingerprint density at radius 3 is 2.56 bits per heavy atom. The molecule has 0 saturated carbocycles. The fourth-order valence-electron chi connectivity index (χ4n) is 4.37. The first-order chi connectivity index (χ1) is 13.2. The fraction of sp³-hybridized carbons (Fsp3) is 0.455. The Labute approximate surface area is 178 Å². The number of hydrogen-bond donors (Lipinski definition) is 1. The Balaban J connectivity index is 1.58. The van der Waals surface area contributed by atoms with Gasteiger partial charge in [-0.1, -0.05) is 56.1 Å². The summed E-state index contributed by atoms with van der Waals surface area (Å²) in [5.41, 5.74) is 4.17. The molecule has 1 saturated heterocycles. The highest BCUT2D eigenvalue weighted by molar-refractivity contribution is 9.11. The molecule has 1 N–H and O–H groups in total. The van der Waals surface area contributed by atoms with Crippen LogP contribution in [0, 0.1) is 0 Å². The molecule has 3 nitrogen and oxygen atoms in total. The van der Waals surface area contributed by atoms with Crippen molar-refractivity contribution >= 4 is 31.9 Å². The van der Waals surface area contributed by atoms with Crippen molar-refractivity contribution in [2.75, 3.05) is 26.2 Å². The molecule has 2 unspecified atom stereocenters. The third kappa shape index (κ3) is 4.83. The molecule has 2 aromatic rings. The van der Waals surface area contributed by atoms with E-state index in [4.69, 9.17) is 4.74 Å². The van der Waals surface area contributed by atoms with E-state index in [-0.39, 0.29) is 6.10 Å². The van der Waals surface area contributed by atoms with Gasteiger partial charge in [0.05, 0.1) is 18.8 Å². The standard InChI is InChI=1S/C22H26Br2N2O/c23-18-12-16(13-19(24)14-18)15-27-21-7-3-5-17-4-1-2-6-20(17)22(21)26-10-8-25-9-11-26/h1-2,4,6,12-14,21-22,25H,3,5,7-11,15H2. The third-order valence-electron chi connectivity index (χ3n) is 5.59. The molecule has 1 aliphatic carbocycles. The zero-order valence-corrected chi connectivity index (χ0v) is 18.6. The molecular formula is C22H26Br2N2O. The summed E-state index contributed by atoms with van der Waals surface area (Å²) >= 11 is 7.17. The van der Waals surface area contributed by atoms with Crippen LogP contribution in [0.5, 0.6) is 0 Å². The van der Waals surface area contributed by atoms with Gasteiger partial charge in [-0.05, 0) is 54.2 Å². The van der Waals surface area contributed by atoms with Crippen LogP contribution in [0.3, 0.4) is 0 Å². The zero-order chi connectivity index (χ0) is 18.6. The maximum atomic E-state index is 6.58. The molecule has 4 rings (SSSR count). The van der Waals surface area contributed by atoms with Crippen molar-refractivity contribution in [2.24, 2.45) is 0 Å². The van der Waals surface area contributed by atoms with Crippen molar-refractivity contribution in [2.45, 2.75) is 38.0 Å². The molecule has 2 aromatic carbocycles. The molecule has 0 radical (unpaired) electrons. The number of nitrogens with one attached hydrogen (secondary N) is 1. The van der Waals surface area contributed by atoms with Crippen molar-refractivity contribution in [3.05, 3.63) is 68.1 Å². The Kier molecular flexibility index (Phi) is 6.66. The number of fused-ring (bicyclic) bond motifs is 1. The predicted molar refractivity (Wildman–Crippen MR) is 117 cm³/mol. The number of piperazine rings is 1. The van der Waals surface area contributed by atoms with Gasteiger partial charge in [0.15, 0.2) is 0 Å². The van der Waals surface area contributed by atoms with Crippen molar-refractivity contribution in [1.82, 2.24) is 10.2 Å². The van der Waals surface area contributed by atoms with Crippen LogP contribution in [-0.2, 0) is 17.8 Å². The van der Waals surface area contributed by atoms with Crippen LogP contribution in [0.1, 0.15) is 35.6 Å². The summed E-state index contributed by atoms with van der Waals surface area (Å²) in [5, 5.41) is 3.49. The number of hydrogen-bond acceptors (Lipinski definition) is 3. The normalized spacial score (nSPS) is 23.6. The second-order valence-electron chi connectivity index (χ2n) is 7.45. The molecule has 1 heterocycles. The SMILES string of the molecule is Brc1cc(Br)cc(COC2CCCc3ccccc3C2N2CCNCC2)c1. The van der Waals surface area contributed by atoms with Crippen LogP contribution in [0.2, 0.25) is 0 Å². The number of rotatable bonds is 4. The van der Waals surface area contributed by atoms with Gasteiger partial charge in [-0.2, -0.15) is 0 Å². The maximum Gasteiger partial charge on any atom is 0.0776 e. The molecule has 27 heavy (non-hydrogen) atoms. The Morgan fingerprint density at radius 2 is 1.78 bits per heavy atom. The number of benzene rings is 2. The minimum Gasteiger partial charge on any atom is -0.372 e. The van der Waals surface area contributed by atoms with Crippen LogP contribution in [-0.4, -0.2) is 37.2 Å². The van der Waals surface area contributed by atoms with Gasteiger partial charge >= 0.3 is 0 Å². The predicted octanol–water partition coefficient (Wildman–Crippen LogP) is 5.08. The summed E-state index contributed by atoms with van der Waals surface area (Å²) in [7, 11) is 0. The first-order valence-electron chi connectivity index (χ1n) is 9.80. The van der Waals surface area contributed by atoms with Crippen molar-refractivity contribution < 1.29 is 4.74 Å². The largest absolute Gasteiger partial charge is 0.372 e. The van der Waals surface area contributed by atoms with Crippen LogP contribution in [0.15, 0.2) is 51.4 Å². The number of halogens is 2. The second-order valence-corrected chi connectivity index (χ2v) is 9.28. The van der Waals surface area contributed by atoms with Gasteiger partial charge in [0.1, 0.15) is 0 Å². The summed E-state index contributed by atoms with van der Waals surface area (Å²) in [4.78, 5) is 2.63. The van der Waals surface area contributed by atoms with Gasteiger partial charge < -0.3 is 10.1 Å². The Bertz CT molecular complexity index is 756. The third-order valence-corrected chi connectivity index (χ3v) is 6.51. The minimum absolute atomic E-state index is 0.226. The Hall–Kier alpha value is -0.720. The van der Waals surface area contributed by atoms with Crippen LogP contribution in [0.25, 0.3) is 0 Å². The molecule has 1 aliphatic heterocycles. The highest BCUT2D eigenvalue weighted by atomic mass is 79.9. The van der Waals surface area contributed by atoms with Crippen molar-refractivity contribution in [3.8, 4) is 0 Å². The summed E-state index contributed by atoms with van der Waals surface area (Å²) in [6.07, 6.45) is 3.68. The lowest BCUT2D eigenvalue weighted by Gasteiger charge is -2.39. The average Bonchev–Trinajstić information content (AvgIpc) is 2.85. The molecule has 0 spiro atoms. The first-order valence-corrected chi connectivity index (χ1v) is 11.4. The monoisotopic (exact) mass is 492 g/mol. The van der Waals surface area contributed by atoms with E-state index in [2.05, 4.69) is 84.5 Å². The van der Waals surface area contributed by atoms with Gasteiger partial charge in [0, 0.05) is 35.1 Å². The summed E-state index contributed by atoms with van der Waals surface area (Å²) in [6.45, 7) is 4.93. The van der Waals surface area contributed by atoms with Gasteiger partial charge in [0.2, 0.25) is 0 Å². The molecule has 0 amide bonds. The lowest BCUT2D eigenvalue weighted by atomic mass is 9.95. The average molecular weight is 494 g/mol. The zero-order valence-electron chi connectivity index (χ0n) is 15.5. The summed E-state index contributed by atoms with van der Waals surface area (Å²) < 4.78 is 8.75. The van der Waals surface area contributed by atoms with Gasteiger partial charge in [-0.25, -0.2) is 0 Å². The lowest BCUT2D eigenvalue weighted by molar-refractivity contribution is -0.0320. The van der Waals surface area contributed by atoms with E-state index in [1.54, 1.807) is 0 Å². The first kappa shape index (κ1) is 19.6.